The number of nitriles is 1. The number of carbonyl (C=O) groups is 1. The molecule has 3 aromatic rings. The molecule has 0 aliphatic rings. The Balaban J connectivity index is 1.65. The van der Waals surface area contributed by atoms with Crippen LogP contribution in [0.4, 0.5) is 5.69 Å². The number of amides is 1. The van der Waals surface area contributed by atoms with Crippen molar-refractivity contribution in [2.75, 3.05) is 5.32 Å². The number of carbonyl (C=O) groups excluding carboxylic acids is 1. The van der Waals surface area contributed by atoms with Crippen LogP contribution in [0.15, 0.2) is 78.5 Å². The SMILES string of the molecule is N#C/C(=C/Nc1ccc2ccccc2c1)C(=O)NCc1ccc(Cl)cc1. The molecule has 0 aliphatic heterocycles. The van der Waals surface area contributed by atoms with Gasteiger partial charge < -0.3 is 10.6 Å². The third-order valence-electron chi connectivity index (χ3n) is 3.86. The van der Waals surface area contributed by atoms with E-state index in [1.807, 2.05) is 60.7 Å². The Morgan fingerprint density at radius 2 is 1.77 bits per heavy atom. The second kappa shape index (κ2) is 8.19. The molecule has 2 N–H and O–H groups in total. The van der Waals surface area contributed by atoms with E-state index in [1.54, 1.807) is 12.1 Å². The molecule has 0 radical (unpaired) electrons. The van der Waals surface area contributed by atoms with E-state index in [2.05, 4.69) is 10.6 Å². The first-order valence-corrected chi connectivity index (χ1v) is 8.42. The quantitative estimate of drug-likeness (QED) is 0.514. The number of rotatable bonds is 5. The van der Waals surface area contributed by atoms with Gasteiger partial charge in [-0.05, 0) is 40.6 Å². The zero-order chi connectivity index (χ0) is 18.4. The topological polar surface area (TPSA) is 64.9 Å². The fourth-order valence-electron chi connectivity index (χ4n) is 2.46. The number of fused-ring (bicyclic) bond motifs is 1. The van der Waals surface area contributed by atoms with Crippen LogP contribution in [0.1, 0.15) is 5.56 Å². The minimum absolute atomic E-state index is 0.00659. The van der Waals surface area contributed by atoms with Crippen molar-refractivity contribution in [3.05, 3.63) is 89.1 Å². The van der Waals surface area contributed by atoms with Gasteiger partial charge in [0.1, 0.15) is 11.6 Å². The van der Waals surface area contributed by atoms with Crippen LogP contribution in [0, 0.1) is 11.3 Å². The van der Waals surface area contributed by atoms with Gasteiger partial charge in [-0.2, -0.15) is 5.26 Å². The van der Waals surface area contributed by atoms with E-state index >= 15 is 0 Å². The molecule has 0 saturated heterocycles. The largest absolute Gasteiger partial charge is 0.360 e. The maximum atomic E-state index is 12.2. The second-order valence-electron chi connectivity index (χ2n) is 5.69. The van der Waals surface area contributed by atoms with Crippen molar-refractivity contribution in [3.63, 3.8) is 0 Å². The second-order valence-corrected chi connectivity index (χ2v) is 6.12. The first-order chi connectivity index (χ1) is 12.7. The standard InChI is InChI=1S/C21H16ClN3O/c22-19-8-5-15(6-9-19)13-25-21(26)18(12-23)14-24-20-10-7-16-3-1-2-4-17(16)11-20/h1-11,14,24H,13H2,(H,25,26)/b18-14-. The number of halogens is 1. The van der Waals surface area contributed by atoms with Gasteiger partial charge >= 0.3 is 0 Å². The molecule has 26 heavy (non-hydrogen) atoms. The van der Waals surface area contributed by atoms with Crippen molar-refractivity contribution in [2.24, 2.45) is 0 Å². The van der Waals surface area contributed by atoms with Gasteiger partial charge in [0.2, 0.25) is 0 Å². The third-order valence-corrected chi connectivity index (χ3v) is 4.12. The summed E-state index contributed by atoms with van der Waals surface area (Å²) in [5, 5.41) is 17.8. The minimum atomic E-state index is -0.435. The highest BCUT2D eigenvalue weighted by Crippen LogP contribution is 2.19. The molecule has 5 heteroatoms. The number of hydrogen-bond donors (Lipinski definition) is 2. The van der Waals surface area contributed by atoms with Crippen LogP contribution >= 0.6 is 11.6 Å². The highest BCUT2D eigenvalue weighted by molar-refractivity contribution is 6.30. The lowest BCUT2D eigenvalue weighted by Crippen LogP contribution is -2.24. The zero-order valence-electron chi connectivity index (χ0n) is 13.9. The molecule has 1 amide bonds. The number of nitrogens with one attached hydrogen (secondary N) is 2. The van der Waals surface area contributed by atoms with Crippen LogP contribution in [-0.4, -0.2) is 5.91 Å². The van der Waals surface area contributed by atoms with Crippen molar-refractivity contribution < 1.29 is 4.79 Å². The van der Waals surface area contributed by atoms with Crippen LogP contribution in [0.2, 0.25) is 5.02 Å². The van der Waals surface area contributed by atoms with E-state index in [-0.39, 0.29) is 5.57 Å². The van der Waals surface area contributed by atoms with Crippen molar-refractivity contribution in [1.82, 2.24) is 5.32 Å². The molecule has 0 fully saturated rings. The molecule has 0 aromatic heterocycles. The van der Waals surface area contributed by atoms with E-state index in [0.29, 0.717) is 11.6 Å². The fourth-order valence-corrected chi connectivity index (χ4v) is 2.59. The molecule has 0 saturated carbocycles. The van der Waals surface area contributed by atoms with Crippen LogP contribution in [0.25, 0.3) is 10.8 Å². The molecule has 3 rings (SSSR count). The monoisotopic (exact) mass is 361 g/mol. The number of benzene rings is 3. The van der Waals surface area contributed by atoms with Gasteiger partial charge in [-0.3, -0.25) is 4.79 Å². The van der Waals surface area contributed by atoms with Crippen LogP contribution in [0.5, 0.6) is 0 Å². The summed E-state index contributed by atoms with van der Waals surface area (Å²) in [4.78, 5) is 12.2. The van der Waals surface area contributed by atoms with Gasteiger partial charge in [-0.25, -0.2) is 0 Å². The molecule has 3 aromatic carbocycles. The third kappa shape index (κ3) is 4.41. The number of hydrogen-bond acceptors (Lipinski definition) is 3. The zero-order valence-corrected chi connectivity index (χ0v) is 14.6. The highest BCUT2D eigenvalue weighted by Gasteiger charge is 2.08. The highest BCUT2D eigenvalue weighted by atomic mass is 35.5. The molecule has 0 spiro atoms. The first kappa shape index (κ1) is 17.5. The van der Waals surface area contributed by atoms with Gasteiger partial charge in [0, 0.05) is 23.5 Å². The molecule has 128 valence electrons. The van der Waals surface area contributed by atoms with E-state index in [4.69, 9.17) is 11.6 Å². The van der Waals surface area contributed by atoms with Gasteiger partial charge in [0.25, 0.3) is 5.91 Å². The first-order valence-electron chi connectivity index (χ1n) is 8.04. The molecule has 0 aliphatic carbocycles. The Labute approximate surface area is 156 Å². The minimum Gasteiger partial charge on any atom is -0.360 e. The summed E-state index contributed by atoms with van der Waals surface area (Å²) in [6, 6.07) is 22.9. The Hall–Kier alpha value is -3.29. The van der Waals surface area contributed by atoms with Crippen molar-refractivity contribution >= 4 is 34.0 Å². The van der Waals surface area contributed by atoms with Gasteiger partial charge in [-0.15, -0.1) is 0 Å². The van der Waals surface area contributed by atoms with Crippen LogP contribution in [-0.2, 0) is 11.3 Å². The lowest BCUT2D eigenvalue weighted by molar-refractivity contribution is -0.117. The molecule has 0 bridgehead atoms. The van der Waals surface area contributed by atoms with Gasteiger partial charge in [-0.1, -0.05) is 54.1 Å². The fraction of sp³-hybridized carbons (Fsp3) is 0.0476. The average molecular weight is 362 g/mol. The molecule has 0 unspecified atom stereocenters. The lowest BCUT2D eigenvalue weighted by Gasteiger charge is -2.06. The molecule has 0 atom stereocenters. The molecule has 4 nitrogen and oxygen atoms in total. The Morgan fingerprint density at radius 3 is 2.50 bits per heavy atom. The predicted molar refractivity (Wildman–Crippen MR) is 105 cm³/mol. The van der Waals surface area contributed by atoms with Gasteiger partial charge in [0.05, 0.1) is 0 Å². The van der Waals surface area contributed by atoms with E-state index in [9.17, 15) is 10.1 Å². The normalized spacial score (nSPS) is 11.0. The molecule has 0 heterocycles. The number of anilines is 1. The Morgan fingerprint density at radius 1 is 1.04 bits per heavy atom. The van der Waals surface area contributed by atoms with Crippen LogP contribution < -0.4 is 10.6 Å². The summed E-state index contributed by atoms with van der Waals surface area (Å²) in [5.41, 5.74) is 1.72. The van der Waals surface area contributed by atoms with Crippen molar-refractivity contribution in [2.45, 2.75) is 6.54 Å². The van der Waals surface area contributed by atoms with Crippen molar-refractivity contribution in [1.29, 1.82) is 5.26 Å². The molecular formula is C21H16ClN3O. The summed E-state index contributed by atoms with van der Waals surface area (Å²) >= 11 is 5.84. The summed E-state index contributed by atoms with van der Waals surface area (Å²) in [6.45, 7) is 0.324. The summed E-state index contributed by atoms with van der Waals surface area (Å²) < 4.78 is 0. The van der Waals surface area contributed by atoms with E-state index in [1.165, 1.54) is 6.20 Å². The number of nitrogens with zero attached hydrogens (tertiary/aromatic N) is 1. The molecular weight excluding hydrogens is 346 g/mol. The lowest BCUT2D eigenvalue weighted by atomic mass is 10.1. The van der Waals surface area contributed by atoms with E-state index in [0.717, 1.165) is 22.0 Å². The average Bonchev–Trinajstić information content (AvgIpc) is 2.68. The summed E-state index contributed by atoms with van der Waals surface area (Å²) in [6.07, 6.45) is 1.42. The summed E-state index contributed by atoms with van der Waals surface area (Å²) in [5.74, 6) is -0.435. The van der Waals surface area contributed by atoms with Gasteiger partial charge in [0.15, 0.2) is 0 Å². The predicted octanol–water partition coefficient (Wildman–Crippen LogP) is 4.63. The van der Waals surface area contributed by atoms with Crippen LogP contribution in [0.3, 0.4) is 0 Å². The summed E-state index contributed by atoms with van der Waals surface area (Å²) in [7, 11) is 0. The Bertz CT molecular complexity index is 1000. The Kier molecular flexibility index (Phi) is 5.52. The van der Waals surface area contributed by atoms with Crippen molar-refractivity contribution in [3.8, 4) is 6.07 Å². The maximum absolute atomic E-state index is 12.2. The maximum Gasteiger partial charge on any atom is 0.263 e. The van der Waals surface area contributed by atoms with E-state index < -0.39 is 5.91 Å². The smallest absolute Gasteiger partial charge is 0.263 e.